The fourth-order valence-electron chi connectivity index (χ4n) is 2.16. The van der Waals surface area contributed by atoms with Crippen LogP contribution in [0.4, 0.5) is 0 Å². The quantitative estimate of drug-likeness (QED) is 0.471. The van der Waals surface area contributed by atoms with Gasteiger partial charge in [0, 0.05) is 0 Å². The largest absolute Gasteiger partial charge is 0.137 e. The van der Waals surface area contributed by atoms with Gasteiger partial charge in [0.15, 0.2) is 0 Å². The van der Waals surface area contributed by atoms with Gasteiger partial charge < -0.3 is 0 Å². The molecule has 0 saturated heterocycles. The van der Waals surface area contributed by atoms with Crippen LogP contribution in [-0.2, 0) is 0 Å². The van der Waals surface area contributed by atoms with E-state index >= 15 is 0 Å². The minimum Gasteiger partial charge on any atom is -0.0861 e. The smallest absolute Gasteiger partial charge is 0.0861 e. The Labute approximate surface area is 59.1 Å². The summed E-state index contributed by atoms with van der Waals surface area (Å²) < 4.78 is 0. The molecule has 0 aromatic rings. The minimum absolute atomic E-state index is 0.919. The summed E-state index contributed by atoms with van der Waals surface area (Å²) in [7, 11) is 0. The topological polar surface area (TPSA) is 0 Å². The second-order valence-corrected chi connectivity index (χ2v) is 3.82. The molecule has 0 spiro atoms. The second-order valence-electron chi connectivity index (χ2n) is 3.82. The maximum Gasteiger partial charge on any atom is 0.137 e. The van der Waals surface area contributed by atoms with E-state index < -0.39 is 0 Å². The van der Waals surface area contributed by atoms with Crippen LogP contribution in [0.2, 0.25) is 19.5 Å². The van der Waals surface area contributed by atoms with Crippen molar-refractivity contribution in [1.29, 1.82) is 0 Å². The lowest BCUT2D eigenvalue weighted by Gasteiger charge is -2.16. The molecule has 1 aliphatic rings. The molecule has 0 radical (unpaired) electrons. The Bertz CT molecular complexity index is 88.6. The maximum absolute atomic E-state index is 2.40. The van der Waals surface area contributed by atoms with E-state index in [0.717, 1.165) is 18.4 Å². The molecule has 9 heavy (non-hydrogen) atoms. The molecule has 1 rings (SSSR count). The zero-order valence-electron chi connectivity index (χ0n) is 6.85. The molecule has 0 N–H and O–H groups in total. The van der Waals surface area contributed by atoms with Gasteiger partial charge in [-0.3, -0.25) is 0 Å². The lowest BCUT2D eigenvalue weighted by atomic mass is 9.43. The first-order valence-corrected chi connectivity index (χ1v) is 4.22. The van der Waals surface area contributed by atoms with E-state index in [0.29, 0.717) is 0 Å². The van der Waals surface area contributed by atoms with E-state index in [1.54, 1.807) is 0 Å². The average Bonchev–Trinajstić information content (AvgIpc) is 2.13. The van der Waals surface area contributed by atoms with Gasteiger partial charge in [-0.2, -0.15) is 0 Å². The van der Waals surface area contributed by atoms with Crippen molar-refractivity contribution in [3.05, 3.63) is 0 Å². The molecule has 1 saturated carbocycles. The maximum atomic E-state index is 2.40. The van der Waals surface area contributed by atoms with Crippen molar-refractivity contribution in [2.75, 3.05) is 0 Å². The van der Waals surface area contributed by atoms with Gasteiger partial charge in [-0.25, -0.2) is 0 Å². The van der Waals surface area contributed by atoms with Crippen molar-refractivity contribution in [1.82, 2.24) is 0 Å². The fraction of sp³-hybridized carbons (Fsp3) is 1.00. The van der Waals surface area contributed by atoms with Crippen LogP contribution in [0.1, 0.15) is 26.2 Å². The molecule has 1 unspecified atom stereocenters. The normalized spacial score (nSPS) is 35.0. The van der Waals surface area contributed by atoms with Crippen LogP contribution < -0.4 is 0 Å². The summed E-state index contributed by atoms with van der Waals surface area (Å²) in [5.41, 5.74) is 0. The highest BCUT2D eigenvalue weighted by Crippen LogP contribution is 2.37. The number of hydrogen-bond acceptors (Lipinski definition) is 0. The van der Waals surface area contributed by atoms with Crippen molar-refractivity contribution in [3.63, 3.8) is 0 Å². The van der Waals surface area contributed by atoms with E-state index in [-0.39, 0.29) is 0 Å². The van der Waals surface area contributed by atoms with Gasteiger partial charge in [-0.15, -0.1) is 0 Å². The molecule has 0 aromatic carbocycles. The summed E-state index contributed by atoms with van der Waals surface area (Å²) in [6.07, 6.45) is 4.44. The fourth-order valence-corrected chi connectivity index (χ4v) is 2.16. The molecule has 1 aliphatic carbocycles. The highest BCUT2D eigenvalue weighted by molar-refractivity contribution is 6.57. The summed E-state index contributed by atoms with van der Waals surface area (Å²) in [6.45, 7) is 8.03. The highest BCUT2D eigenvalue weighted by atomic mass is 14.2. The van der Waals surface area contributed by atoms with Gasteiger partial charge in [0.1, 0.15) is 6.71 Å². The Kier molecular flexibility index (Phi) is 2.20. The van der Waals surface area contributed by atoms with Crippen LogP contribution in [0.15, 0.2) is 0 Å². The Morgan fingerprint density at radius 1 is 1.22 bits per heavy atom. The number of rotatable bonds is 1. The molecule has 0 heterocycles. The van der Waals surface area contributed by atoms with Crippen molar-refractivity contribution >= 4 is 6.71 Å². The second kappa shape index (κ2) is 2.77. The van der Waals surface area contributed by atoms with E-state index in [9.17, 15) is 0 Å². The van der Waals surface area contributed by atoms with E-state index in [1.807, 2.05) is 0 Å². The van der Waals surface area contributed by atoms with Crippen molar-refractivity contribution in [2.24, 2.45) is 5.92 Å². The first-order chi connectivity index (χ1) is 4.22. The highest BCUT2D eigenvalue weighted by Gasteiger charge is 2.26. The third kappa shape index (κ3) is 1.50. The first-order valence-electron chi connectivity index (χ1n) is 4.22. The summed E-state index contributed by atoms with van der Waals surface area (Å²) in [4.78, 5) is 0. The van der Waals surface area contributed by atoms with Gasteiger partial charge in [0.25, 0.3) is 0 Å². The molecular weight excluding hydrogens is 107 g/mol. The Hall–Kier alpha value is 0.0649. The monoisotopic (exact) mass is 124 g/mol. The van der Waals surface area contributed by atoms with Gasteiger partial charge in [0.05, 0.1) is 0 Å². The SMILES string of the molecule is CB(C)C1CCC[C@@H]1C. The molecule has 0 bridgehead atoms. The predicted octanol–water partition coefficient (Wildman–Crippen LogP) is 2.93. The van der Waals surface area contributed by atoms with Crippen LogP contribution in [0.25, 0.3) is 0 Å². The Balaban J connectivity index is 2.40. The number of hydrogen-bond donors (Lipinski definition) is 0. The molecule has 0 aliphatic heterocycles. The van der Waals surface area contributed by atoms with Crippen LogP contribution in [-0.4, -0.2) is 6.71 Å². The van der Waals surface area contributed by atoms with Crippen LogP contribution in [0.5, 0.6) is 0 Å². The van der Waals surface area contributed by atoms with Crippen molar-refractivity contribution < 1.29 is 0 Å². The average molecular weight is 124 g/mol. The van der Waals surface area contributed by atoms with Crippen LogP contribution in [0.3, 0.4) is 0 Å². The van der Waals surface area contributed by atoms with Gasteiger partial charge in [-0.05, 0) is 5.92 Å². The molecular formula is C8H17B. The molecule has 2 atom stereocenters. The minimum atomic E-state index is 0.919. The molecule has 52 valence electrons. The summed E-state index contributed by atoms with van der Waals surface area (Å²) in [6, 6.07) is 0. The standard InChI is InChI=1S/C8H17B/c1-7-5-4-6-8(7)9(2)3/h7-8H,4-6H2,1-3H3/t7-,8?/m0/s1. The van der Waals surface area contributed by atoms with E-state index in [1.165, 1.54) is 19.3 Å². The molecule has 1 fully saturated rings. The zero-order valence-corrected chi connectivity index (χ0v) is 6.85. The molecule has 1 heteroatoms. The Morgan fingerprint density at radius 3 is 2.11 bits per heavy atom. The van der Waals surface area contributed by atoms with Crippen molar-refractivity contribution in [2.45, 2.75) is 45.6 Å². The zero-order chi connectivity index (χ0) is 6.85. The third-order valence-electron chi connectivity index (χ3n) is 2.78. The summed E-state index contributed by atoms with van der Waals surface area (Å²) >= 11 is 0. The van der Waals surface area contributed by atoms with Gasteiger partial charge in [-0.1, -0.05) is 45.6 Å². The predicted molar refractivity (Wildman–Crippen MR) is 44.2 cm³/mol. The van der Waals surface area contributed by atoms with Gasteiger partial charge >= 0.3 is 0 Å². The van der Waals surface area contributed by atoms with Crippen molar-refractivity contribution in [3.8, 4) is 0 Å². The molecule has 0 aromatic heterocycles. The van der Waals surface area contributed by atoms with E-state index in [2.05, 4.69) is 20.6 Å². The lowest BCUT2D eigenvalue weighted by molar-refractivity contribution is 0.603. The van der Waals surface area contributed by atoms with Crippen LogP contribution >= 0.6 is 0 Å². The molecule has 0 nitrogen and oxygen atoms in total. The third-order valence-corrected chi connectivity index (χ3v) is 2.78. The van der Waals surface area contributed by atoms with Gasteiger partial charge in [0.2, 0.25) is 0 Å². The van der Waals surface area contributed by atoms with E-state index in [4.69, 9.17) is 0 Å². The summed E-state index contributed by atoms with van der Waals surface area (Å²) in [5, 5.41) is 0. The molecule has 0 amide bonds. The van der Waals surface area contributed by atoms with Crippen LogP contribution in [0, 0.1) is 5.92 Å². The summed E-state index contributed by atoms with van der Waals surface area (Å²) in [5.74, 6) is 2.04. The Morgan fingerprint density at radius 2 is 1.89 bits per heavy atom. The lowest BCUT2D eigenvalue weighted by Crippen LogP contribution is -2.13. The first kappa shape index (κ1) is 7.18.